The zero-order valence-electron chi connectivity index (χ0n) is 13.1. The summed E-state index contributed by atoms with van der Waals surface area (Å²) < 4.78 is 4.91. The molecule has 2 aliphatic rings. The molecule has 0 bridgehead atoms. The molecule has 2 amide bonds. The van der Waals surface area contributed by atoms with Gasteiger partial charge in [-0.1, -0.05) is 23.7 Å². The summed E-state index contributed by atoms with van der Waals surface area (Å²) >= 11 is 6.19. The van der Waals surface area contributed by atoms with E-state index in [1.807, 2.05) is 30.1 Å². The van der Waals surface area contributed by atoms with Crippen LogP contribution >= 0.6 is 11.6 Å². The standard InChI is InChI=1S/C16H20ClN3O3/c1-18(8-9-19-10-11-23-16(19)22)14-6-7-20(15(14)21)13-5-3-2-4-12(13)17/h2-5,14H,6-11H2,1H3/t14-/m1/s1. The van der Waals surface area contributed by atoms with Crippen molar-refractivity contribution in [3.8, 4) is 0 Å². The Labute approximate surface area is 140 Å². The van der Waals surface area contributed by atoms with Crippen LogP contribution in [-0.2, 0) is 9.53 Å². The van der Waals surface area contributed by atoms with E-state index in [1.165, 1.54) is 0 Å². The summed E-state index contributed by atoms with van der Waals surface area (Å²) in [6, 6.07) is 7.21. The third-order valence-corrected chi connectivity index (χ3v) is 4.74. The van der Waals surface area contributed by atoms with Gasteiger partial charge in [-0.25, -0.2) is 4.79 Å². The quantitative estimate of drug-likeness (QED) is 0.822. The molecule has 3 rings (SSSR count). The van der Waals surface area contributed by atoms with E-state index in [4.69, 9.17) is 16.3 Å². The number of para-hydroxylation sites is 1. The minimum atomic E-state index is -0.270. The number of cyclic esters (lactones) is 1. The first-order valence-electron chi connectivity index (χ1n) is 7.76. The van der Waals surface area contributed by atoms with Crippen LogP contribution in [0.1, 0.15) is 6.42 Å². The molecule has 1 aromatic carbocycles. The zero-order valence-corrected chi connectivity index (χ0v) is 13.8. The second-order valence-electron chi connectivity index (χ2n) is 5.83. The number of benzene rings is 1. The monoisotopic (exact) mass is 337 g/mol. The Bertz CT molecular complexity index is 610. The van der Waals surface area contributed by atoms with Crippen molar-refractivity contribution >= 4 is 29.3 Å². The van der Waals surface area contributed by atoms with Gasteiger partial charge in [-0.2, -0.15) is 0 Å². The van der Waals surface area contributed by atoms with Gasteiger partial charge in [-0.05, 0) is 25.6 Å². The Hall–Kier alpha value is -1.79. The molecular weight excluding hydrogens is 318 g/mol. The van der Waals surface area contributed by atoms with Crippen molar-refractivity contribution < 1.29 is 14.3 Å². The maximum Gasteiger partial charge on any atom is 0.409 e. The fraction of sp³-hybridized carbons (Fsp3) is 0.500. The maximum atomic E-state index is 12.7. The normalized spacial score (nSPS) is 21.4. The average Bonchev–Trinajstić information content (AvgIpc) is 3.11. The zero-order chi connectivity index (χ0) is 16.4. The lowest BCUT2D eigenvalue weighted by molar-refractivity contribution is -0.121. The molecule has 0 unspecified atom stereocenters. The molecule has 2 fully saturated rings. The van der Waals surface area contributed by atoms with Gasteiger partial charge in [-0.15, -0.1) is 0 Å². The Morgan fingerprint density at radius 2 is 2.09 bits per heavy atom. The molecule has 23 heavy (non-hydrogen) atoms. The van der Waals surface area contributed by atoms with E-state index in [1.54, 1.807) is 15.9 Å². The van der Waals surface area contributed by atoms with Crippen LogP contribution in [0.15, 0.2) is 24.3 Å². The Morgan fingerprint density at radius 3 is 2.78 bits per heavy atom. The topological polar surface area (TPSA) is 53.1 Å². The number of ether oxygens (including phenoxy) is 1. The summed E-state index contributed by atoms with van der Waals surface area (Å²) in [6.45, 7) is 2.94. The molecule has 124 valence electrons. The van der Waals surface area contributed by atoms with E-state index in [0.29, 0.717) is 37.8 Å². The largest absolute Gasteiger partial charge is 0.448 e. The molecule has 0 spiro atoms. The van der Waals surface area contributed by atoms with Gasteiger partial charge in [0.25, 0.3) is 0 Å². The van der Waals surface area contributed by atoms with Crippen LogP contribution in [0.25, 0.3) is 0 Å². The van der Waals surface area contributed by atoms with Crippen molar-refractivity contribution in [1.29, 1.82) is 0 Å². The van der Waals surface area contributed by atoms with Crippen molar-refractivity contribution in [3.63, 3.8) is 0 Å². The lowest BCUT2D eigenvalue weighted by Crippen LogP contribution is -2.43. The van der Waals surface area contributed by atoms with E-state index in [2.05, 4.69) is 0 Å². The van der Waals surface area contributed by atoms with Gasteiger partial charge in [0.15, 0.2) is 0 Å². The fourth-order valence-electron chi connectivity index (χ4n) is 3.05. The smallest absolute Gasteiger partial charge is 0.409 e. The molecule has 0 saturated carbocycles. The minimum Gasteiger partial charge on any atom is -0.448 e. The van der Waals surface area contributed by atoms with Crippen LogP contribution in [0.5, 0.6) is 0 Å². The highest BCUT2D eigenvalue weighted by molar-refractivity contribution is 6.33. The lowest BCUT2D eigenvalue weighted by atomic mass is 10.2. The third kappa shape index (κ3) is 3.28. The lowest BCUT2D eigenvalue weighted by Gasteiger charge is -2.25. The molecule has 1 aromatic rings. The average molecular weight is 338 g/mol. The van der Waals surface area contributed by atoms with Crippen molar-refractivity contribution in [2.24, 2.45) is 0 Å². The third-order valence-electron chi connectivity index (χ3n) is 4.42. The van der Waals surface area contributed by atoms with Gasteiger partial charge in [0.1, 0.15) is 6.61 Å². The first-order valence-corrected chi connectivity index (χ1v) is 8.13. The highest BCUT2D eigenvalue weighted by atomic mass is 35.5. The number of nitrogens with zero attached hydrogens (tertiary/aromatic N) is 3. The highest BCUT2D eigenvalue weighted by Crippen LogP contribution is 2.30. The number of amides is 2. The van der Waals surface area contributed by atoms with Gasteiger partial charge in [0.05, 0.1) is 23.3 Å². The Morgan fingerprint density at radius 1 is 1.30 bits per heavy atom. The van der Waals surface area contributed by atoms with E-state index >= 15 is 0 Å². The molecular formula is C16H20ClN3O3. The minimum absolute atomic E-state index is 0.0598. The Kier molecular flexibility index (Phi) is 4.73. The summed E-state index contributed by atoms with van der Waals surface area (Å²) in [5.41, 5.74) is 0.762. The number of hydrogen-bond donors (Lipinski definition) is 0. The number of likely N-dealkylation sites (N-methyl/N-ethyl adjacent to an activating group) is 1. The van der Waals surface area contributed by atoms with Crippen LogP contribution in [0.3, 0.4) is 0 Å². The van der Waals surface area contributed by atoms with Crippen molar-refractivity contribution in [2.45, 2.75) is 12.5 Å². The Balaban J connectivity index is 1.60. The van der Waals surface area contributed by atoms with E-state index in [9.17, 15) is 9.59 Å². The SMILES string of the molecule is CN(CCN1CCOC1=O)[C@@H]1CCN(c2ccccc2Cl)C1=O. The molecule has 0 aromatic heterocycles. The predicted molar refractivity (Wildman–Crippen MR) is 87.8 cm³/mol. The molecule has 2 heterocycles. The van der Waals surface area contributed by atoms with E-state index < -0.39 is 0 Å². The number of halogens is 1. The molecule has 6 nitrogen and oxygen atoms in total. The van der Waals surface area contributed by atoms with Gasteiger partial charge < -0.3 is 14.5 Å². The number of rotatable bonds is 5. The second kappa shape index (κ2) is 6.76. The summed E-state index contributed by atoms with van der Waals surface area (Å²) in [4.78, 5) is 29.5. The second-order valence-corrected chi connectivity index (χ2v) is 6.23. The van der Waals surface area contributed by atoms with E-state index in [0.717, 1.165) is 12.1 Å². The van der Waals surface area contributed by atoms with Crippen LogP contribution in [0.4, 0.5) is 10.5 Å². The predicted octanol–water partition coefficient (Wildman–Crippen LogP) is 1.83. The summed E-state index contributed by atoms with van der Waals surface area (Å²) in [5, 5.41) is 0.587. The molecule has 0 radical (unpaired) electrons. The molecule has 2 saturated heterocycles. The van der Waals surface area contributed by atoms with Crippen molar-refractivity contribution in [3.05, 3.63) is 29.3 Å². The molecule has 2 aliphatic heterocycles. The van der Waals surface area contributed by atoms with Crippen molar-refractivity contribution in [1.82, 2.24) is 9.80 Å². The number of carbonyl (C=O) groups excluding carboxylic acids is 2. The first-order chi connectivity index (χ1) is 11.1. The van der Waals surface area contributed by atoms with Crippen LogP contribution in [0.2, 0.25) is 5.02 Å². The molecule has 1 atom stereocenters. The van der Waals surface area contributed by atoms with Gasteiger partial charge >= 0.3 is 6.09 Å². The van der Waals surface area contributed by atoms with Crippen LogP contribution < -0.4 is 4.90 Å². The van der Waals surface area contributed by atoms with Crippen LogP contribution in [-0.4, -0.2) is 67.7 Å². The summed E-state index contributed by atoms with van der Waals surface area (Å²) in [6.07, 6.45) is 0.485. The summed E-state index contributed by atoms with van der Waals surface area (Å²) in [5.74, 6) is 0.0598. The number of anilines is 1. The molecule has 0 aliphatic carbocycles. The summed E-state index contributed by atoms with van der Waals surface area (Å²) in [7, 11) is 1.92. The number of hydrogen-bond acceptors (Lipinski definition) is 4. The first kappa shape index (κ1) is 16.1. The highest BCUT2D eigenvalue weighted by Gasteiger charge is 2.36. The van der Waals surface area contributed by atoms with Crippen LogP contribution in [0, 0.1) is 0 Å². The van der Waals surface area contributed by atoms with Gasteiger partial charge in [0, 0.05) is 19.6 Å². The molecule has 0 N–H and O–H groups in total. The maximum absolute atomic E-state index is 12.7. The van der Waals surface area contributed by atoms with Gasteiger partial charge in [0.2, 0.25) is 5.91 Å². The number of carbonyl (C=O) groups is 2. The van der Waals surface area contributed by atoms with Gasteiger partial charge in [-0.3, -0.25) is 9.69 Å². The fourth-order valence-corrected chi connectivity index (χ4v) is 3.28. The molecule has 7 heteroatoms. The van der Waals surface area contributed by atoms with E-state index in [-0.39, 0.29) is 18.0 Å². The van der Waals surface area contributed by atoms with Crippen molar-refractivity contribution in [2.75, 3.05) is 44.7 Å².